The zero-order valence-electron chi connectivity index (χ0n) is 16.6. The van der Waals surface area contributed by atoms with Crippen molar-refractivity contribution in [2.75, 3.05) is 55.7 Å². The SMILES string of the molecule is Cn1nccc1C(=O)NCC1CCCN(c2ncc(F)c(N3CCOCC3)n2)C1. The molecule has 0 aromatic carbocycles. The van der Waals surface area contributed by atoms with Gasteiger partial charge < -0.3 is 19.9 Å². The average molecular weight is 403 g/mol. The van der Waals surface area contributed by atoms with Crippen molar-refractivity contribution in [3.63, 3.8) is 0 Å². The van der Waals surface area contributed by atoms with E-state index in [0.29, 0.717) is 50.3 Å². The number of carbonyl (C=O) groups is 1. The van der Waals surface area contributed by atoms with Crippen LogP contribution in [0.15, 0.2) is 18.5 Å². The maximum absolute atomic E-state index is 14.3. The molecule has 0 bridgehead atoms. The van der Waals surface area contributed by atoms with Crippen LogP contribution in [-0.2, 0) is 11.8 Å². The lowest BCUT2D eigenvalue weighted by Crippen LogP contribution is -2.42. The Balaban J connectivity index is 1.39. The Kier molecular flexibility index (Phi) is 5.89. The Hall–Kier alpha value is -2.75. The summed E-state index contributed by atoms with van der Waals surface area (Å²) >= 11 is 0. The number of nitrogens with zero attached hydrogens (tertiary/aromatic N) is 6. The summed E-state index contributed by atoms with van der Waals surface area (Å²) in [5.41, 5.74) is 0.537. The van der Waals surface area contributed by atoms with Crippen LogP contribution in [-0.4, -0.2) is 71.6 Å². The first kappa shape index (κ1) is 19.6. The van der Waals surface area contributed by atoms with Gasteiger partial charge in [-0.25, -0.2) is 9.37 Å². The summed E-state index contributed by atoms with van der Waals surface area (Å²) in [4.78, 5) is 25.0. The van der Waals surface area contributed by atoms with E-state index in [9.17, 15) is 9.18 Å². The fraction of sp³-hybridized carbons (Fsp3) is 0.579. The molecule has 9 nitrogen and oxygen atoms in total. The predicted molar refractivity (Wildman–Crippen MR) is 106 cm³/mol. The lowest BCUT2D eigenvalue weighted by Gasteiger charge is -2.34. The number of piperidine rings is 1. The Bertz CT molecular complexity index is 853. The van der Waals surface area contributed by atoms with Gasteiger partial charge in [0.05, 0.1) is 19.4 Å². The van der Waals surface area contributed by atoms with Gasteiger partial charge in [-0.2, -0.15) is 10.1 Å². The van der Waals surface area contributed by atoms with E-state index in [4.69, 9.17) is 4.74 Å². The van der Waals surface area contributed by atoms with E-state index < -0.39 is 5.82 Å². The zero-order valence-corrected chi connectivity index (χ0v) is 16.6. The topological polar surface area (TPSA) is 88.4 Å². The van der Waals surface area contributed by atoms with E-state index >= 15 is 0 Å². The first-order chi connectivity index (χ1) is 14.1. The van der Waals surface area contributed by atoms with Crippen LogP contribution >= 0.6 is 0 Å². The molecular formula is C19H26FN7O2. The normalized spacial score (nSPS) is 20.0. The first-order valence-corrected chi connectivity index (χ1v) is 9.98. The Labute approximate surface area is 168 Å². The van der Waals surface area contributed by atoms with Crippen LogP contribution in [0, 0.1) is 11.7 Å². The van der Waals surface area contributed by atoms with Crippen LogP contribution in [0.1, 0.15) is 23.3 Å². The molecule has 0 spiro atoms. The lowest BCUT2D eigenvalue weighted by atomic mass is 9.98. The molecule has 156 valence electrons. The van der Waals surface area contributed by atoms with Crippen LogP contribution in [0.25, 0.3) is 0 Å². The molecule has 2 saturated heterocycles. The standard InChI is InChI=1S/C19H26FN7O2/c1-25-16(4-5-23-25)18(28)21-11-14-3-2-6-27(13-14)19-22-12-15(20)17(24-19)26-7-9-29-10-8-26/h4-5,12,14H,2-3,6-11,13H2,1H3,(H,21,28). The van der Waals surface area contributed by atoms with E-state index in [1.54, 1.807) is 24.0 Å². The summed E-state index contributed by atoms with van der Waals surface area (Å²) in [5, 5.41) is 7.02. The van der Waals surface area contributed by atoms with E-state index in [1.807, 2.05) is 4.90 Å². The number of morpholine rings is 1. The van der Waals surface area contributed by atoms with Crippen molar-refractivity contribution >= 4 is 17.7 Å². The fourth-order valence-corrected chi connectivity index (χ4v) is 3.84. The minimum atomic E-state index is -0.410. The van der Waals surface area contributed by atoms with Crippen molar-refractivity contribution in [2.24, 2.45) is 13.0 Å². The number of ether oxygens (including phenoxy) is 1. The fourth-order valence-electron chi connectivity index (χ4n) is 3.84. The van der Waals surface area contributed by atoms with Gasteiger partial charge in [0, 0.05) is 46.0 Å². The zero-order chi connectivity index (χ0) is 20.2. The molecule has 2 fully saturated rings. The quantitative estimate of drug-likeness (QED) is 0.791. The molecule has 2 aromatic rings. The summed E-state index contributed by atoms with van der Waals surface area (Å²) in [6.07, 6.45) is 4.84. The van der Waals surface area contributed by atoms with Crippen molar-refractivity contribution in [3.8, 4) is 0 Å². The van der Waals surface area contributed by atoms with Crippen LogP contribution in [0.3, 0.4) is 0 Å². The number of anilines is 2. The highest BCUT2D eigenvalue weighted by Gasteiger charge is 2.25. The van der Waals surface area contributed by atoms with E-state index in [2.05, 4.69) is 25.3 Å². The Morgan fingerprint density at radius 3 is 2.90 bits per heavy atom. The molecule has 0 aliphatic carbocycles. The predicted octanol–water partition coefficient (Wildman–Crippen LogP) is 0.832. The maximum Gasteiger partial charge on any atom is 0.269 e. The molecule has 1 unspecified atom stereocenters. The number of nitrogens with one attached hydrogen (secondary N) is 1. The molecule has 2 aliphatic heterocycles. The highest BCUT2D eigenvalue weighted by molar-refractivity contribution is 5.92. The number of amides is 1. The molecule has 29 heavy (non-hydrogen) atoms. The lowest BCUT2D eigenvalue weighted by molar-refractivity contribution is 0.0936. The summed E-state index contributed by atoms with van der Waals surface area (Å²) in [5.74, 6) is 0.615. The molecule has 2 aliphatic rings. The summed E-state index contributed by atoms with van der Waals surface area (Å²) in [6, 6.07) is 1.70. The van der Waals surface area contributed by atoms with Crippen molar-refractivity contribution in [1.29, 1.82) is 0 Å². The number of aryl methyl sites for hydroxylation is 1. The number of aromatic nitrogens is 4. The van der Waals surface area contributed by atoms with E-state index in [-0.39, 0.29) is 11.8 Å². The summed E-state index contributed by atoms with van der Waals surface area (Å²) in [7, 11) is 1.75. The van der Waals surface area contributed by atoms with Crippen LogP contribution in [0.4, 0.5) is 16.2 Å². The number of hydrogen-bond acceptors (Lipinski definition) is 7. The molecule has 4 rings (SSSR count). The Morgan fingerprint density at radius 1 is 1.31 bits per heavy atom. The van der Waals surface area contributed by atoms with Crippen molar-refractivity contribution in [1.82, 2.24) is 25.1 Å². The molecule has 1 amide bonds. The second-order valence-electron chi connectivity index (χ2n) is 7.45. The maximum atomic E-state index is 14.3. The molecule has 0 saturated carbocycles. The highest BCUT2D eigenvalue weighted by atomic mass is 19.1. The van der Waals surface area contributed by atoms with Gasteiger partial charge in [-0.3, -0.25) is 9.48 Å². The first-order valence-electron chi connectivity index (χ1n) is 9.98. The number of rotatable bonds is 5. The van der Waals surface area contributed by atoms with Crippen LogP contribution in [0.5, 0.6) is 0 Å². The van der Waals surface area contributed by atoms with Crippen LogP contribution < -0.4 is 15.1 Å². The third-order valence-electron chi connectivity index (χ3n) is 5.43. The van der Waals surface area contributed by atoms with E-state index in [1.165, 1.54) is 6.20 Å². The van der Waals surface area contributed by atoms with Gasteiger partial charge in [-0.15, -0.1) is 0 Å². The molecule has 1 N–H and O–H groups in total. The minimum Gasteiger partial charge on any atom is -0.378 e. The molecule has 0 radical (unpaired) electrons. The smallest absolute Gasteiger partial charge is 0.269 e. The number of halogens is 1. The Morgan fingerprint density at radius 2 is 2.14 bits per heavy atom. The summed E-state index contributed by atoms with van der Waals surface area (Å²) < 4.78 is 21.2. The average Bonchev–Trinajstić information content (AvgIpc) is 3.19. The van der Waals surface area contributed by atoms with Gasteiger partial charge in [-0.05, 0) is 24.8 Å². The molecule has 1 atom stereocenters. The monoisotopic (exact) mass is 403 g/mol. The third-order valence-corrected chi connectivity index (χ3v) is 5.43. The highest BCUT2D eigenvalue weighted by Crippen LogP contribution is 2.24. The van der Waals surface area contributed by atoms with Gasteiger partial charge in [0.1, 0.15) is 5.69 Å². The molecule has 10 heteroatoms. The molecular weight excluding hydrogens is 377 g/mol. The second-order valence-corrected chi connectivity index (χ2v) is 7.45. The number of hydrogen-bond donors (Lipinski definition) is 1. The van der Waals surface area contributed by atoms with Gasteiger partial charge in [0.2, 0.25) is 5.95 Å². The second kappa shape index (κ2) is 8.73. The van der Waals surface area contributed by atoms with E-state index in [0.717, 1.165) is 25.9 Å². The largest absolute Gasteiger partial charge is 0.378 e. The van der Waals surface area contributed by atoms with Gasteiger partial charge in [0.25, 0.3) is 5.91 Å². The van der Waals surface area contributed by atoms with Crippen molar-refractivity contribution < 1.29 is 13.9 Å². The molecule has 4 heterocycles. The van der Waals surface area contributed by atoms with Gasteiger partial charge in [-0.1, -0.05) is 0 Å². The van der Waals surface area contributed by atoms with Gasteiger partial charge in [0.15, 0.2) is 11.6 Å². The third kappa shape index (κ3) is 4.47. The van der Waals surface area contributed by atoms with Crippen molar-refractivity contribution in [2.45, 2.75) is 12.8 Å². The summed E-state index contributed by atoms with van der Waals surface area (Å²) in [6.45, 7) is 4.49. The number of carbonyl (C=O) groups excluding carboxylic acids is 1. The molecule has 2 aromatic heterocycles. The van der Waals surface area contributed by atoms with Gasteiger partial charge >= 0.3 is 0 Å². The minimum absolute atomic E-state index is 0.130. The van der Waals surface area contributed by atoms with Crippen molar-refractivity contribution in [3.05, 3.63) is 30.0 Å². The van der Waals surface area contributed by atoms with Crippen LogP contribution in [0.2, 0.25) is 0 Å².